The van der Waals surface area contributed by atoms with Crippen molar-refractivity contribution in [2.75, 3.05) is 14.2 Å². The van der Waals surface area contributed by atoms with Gasteiger partial charge in [-0.1, -0.05) is 24.3 Å². The van der Waals surface area contributed by atoms with E-state index in [0.29, 0.717) is 26.1 Å². The van der Waals surface area contributed by atoms with Crippen LogP contribution in [-0.4, -0.2) is 31.4 Å². The van der Waals surface area contributed by atoms with Gasteiger partial charge in [0.1, 0.15) is 34.8 Å². The lowest BCUT2D eigenvalue weighted by molar-refractivity contribution is 0.414. The summed E-state index contributed by atoms with van der Waals surface area (Å²) in [7, 11) is 1.72. The summed E-state index contributed by atoms with van der Waals surface area (Å²) in [5.41, 5.74) is 1.69. The summed E-state index contributed by atoms with van der Waals surface area (Å²) in [6.45, 7) is 0. The van der Waals surface area contributed by atoms with Gasteiger partial charge in [-0.15, -0.1) is 0 Å². The number of benzene rings is 4. The van der Waals surface area contributed by atoms with Gasteiger partial charge in [-0.3, -0.25) is 0 Å². The highest BCUT2D eigenvalue weighted by molar-refractivity contribution is 14.1. The third-order valence-electron chi connectivity index (χ3n) is 4.77. The second-order valence-corrected chi connectivity index (χ2v) is 10.1. The van der Waals surface area contributed by atoms with Crippen molar-refractivity contribution in [3.63, 3.8) is 0 Å². The lowest BCUT2D eigenvalue weighted by Gasteiger charge is -2.05. The standard InChI is InChI=1S/C13H9BrF2O.C7H9BO3.C6H2BrF2I/c1-17-10-4-2-8(3-5-10)9-6-11(15)13(14)12(16)7-9;1-11-7-4-2-6(3-5-7)8(9)10;7-6-4(8)1-3(10)2-5(6)9/h2-7H,1H3;2-5,9-10H,1H3;1-2H. The summed E-state index contributed by atoms with van der Waals surface area (Å²) >= 11 is 7.45. The van der Waals surface area contributed by atoms with Gasteiger partial charge in [0.25, 0.3) is 0 Å². The Labute approximate surface area is 248 Å². The Bertz CT molecular complexity index is 1300. The van der Waals surface area contributed by atoms with Gasteiger partial charge < -0.3 is 19.5 Å². The van der Waals surface area contributed by atoms with E-state index in [0.717, 1.165) is 5.56 Å². The lowest BCUT2D eigenvalue weighted by atomic mass is 9.80. The second-order valence-electron chi connectivity index (χ2n) is 7.31. The molecule has 4 nitrogen and oxygen atoms in total. The summed E-state index contributed by atoms with van der Waals surface area (Å²) in [6.07, 6.45) is 0. The number of rotatable bonds is 4. The topological polar surface area (TPSA) is 58.9 Å². The molecule has 0 spiro atoms. The van der Waals surface area contributed by atoms with Crippen LogP contribution in [0.1, 0.15) is 0 Å². The Morgan fingerprint density at radius 3 is 1.37 bits per heavy atom. The summed E-state index contributed by atoms with van der Waals surface area (Å²) in [6, 6.07) is 18.6. The van der Waals surface area contributed by atoms with Crippen LogP contribution in [0.2, 0.25) is 0 Å². The maximum absolute atomic E-state index is 13.4. The molecule has 0 aliphatic heterocycles. The third-order valence-corrected chi connectivity index (χ3v) is 6.91. The summed E-state index contributed by atoms with van der Waals surface area (Å²) in [4.78, 5) is 0. The van der Waals surface area contributed by atoms with E-state index < -0.39 is 30.4 Å². The minimum atomic E-state index is -1.40. The van der Waals surface area contributed by atoms with Crippen LogP contribution < -0.4 is 14.9 Å². The molecule has 38 heavy (non-hydrogen) atoms. The van der Waals surface area contributed by atoms with E-state index >= 15 is 0 Å². The molecule has 0 atom stereocenters. The quantitative estimate of drug-likeness (QED) is 0.0765. The Balaban J connectivity index is 0.000000211. The Morgan fingerprint density at radius 1 is 0.632 bits per heavy atom. The molecule has 0 bridgehead atoms. The molecule has 200 valence electrons. The largest absolute Gasteiger partial charge is 0.497 e. The molecule has 4 aromatic carbocycles. The molecule has 0 unspecified atom stereocenters. The summed E-state index contributed by atoms with van der Waals surface area (Å²) in [5, 5.41) is 17.4. The maximum Gasteiger partial charge on any atom is 0.488 e. The van der Waals surface area contributed by atoms with Gasteiger partial charge in [0.2, 0.25) is 0 Å². The van der Waals surface area contributed by atoms with Crippen molar-refractivity contribution in [3.8, 4) is 22.6 Å². The first-order chi connectivity index (χ1) is 18.0. The van der Waals surface area contributed by atoms with E-state index in [1.165, 1.54) is 24.3 Å². The van der Waals surface area contributed by atoms with Gasteiger partial charge in [-0.05, 0) is 120 Å². The first-order valence-corrected chi connectivity index (χ1v) is 13.2. The molecule has 0 radical (unpaired) electrons. The van der Waals surface area contributed by atoms with Gasteiger partial charge in [0.15, 0.2) is 0 Å². The van der Waals surface area contributed by atoms with Crippen molar-refractivity contribution in [2.45, 2.75) is 0 Å². The highest BCUT2D eigenvalue weighted by atomic mass is 127. The fourth-order valence-electron chi connectivity index (χ4n) is 2.81. The predicted octanol–water partition coefficient (Wildman–Crippen LogP) is 7.11. The molecule has 4 aromatic rings. The molecule has 0 aliphatic carbocycles. The SMILES string of the molecule is COc1ccc(-c2cc(F)c(Br)c(F)c2)cc1.COc1ccc(B(O)O)cc1.Fc1cc(I)cc(F)c1Br. The normalized spacial score (nSPS) is 9.97. The van der Waals surface area contributed by atoms with E-state index in [2.05, 4.69) is 31.9 Å². The van der Waals surface area contributed by atoms with Gasteiger partial charge in [-0.2, -0.15) is 0 Å². The van der Waals surface area contributed by atoms with Crippen LogP contribution in [0, 0.1) is 26.8 Å². The number of ether oxygens (including phenoxy) is 2. The van der Waals surface area contributed by atoms with Crippen LogP contribution in [0.5, 0.6) is 11.5 Å². The minimum absolute atomic E-state index is 0.104. The van der Waals surface area contributed by atoms with Crippen molar-refractivity contribution in [2.24, 2.45) is 0 Å². The first kappa shape index (κ1) is 32.1. The molecule has 2 N–H and O–H groups in total. The van der Waals surface area contributed by atoms with Gasteiger partial charge in [0, 0.05) is 3.57 Å². The molecule has 0 heterocycles. The zero-order valence-corrected chi connectivity index (χ0v) is 25.2. The van der Waals surface area contributed by atoms with Crippen LogP contribution in [0.3, 0.4) is 0 Å². The molecule has 4 rings (SSSR count). The third kappa shape index (κ3) is 9.56. The lowest BCUT2D eigenvalue weighted by Crippen LogP contribution is -2.29. The highest BCUT2D eigenvalue weighted by Gasteiger charge is 2.10. The molecular weight excluding hydrogens is 750 g/mol. The number of halogens is 7. The van der Waals surface area contributed by atoms with Crippen LogP contribution in [-0.2, 0) is 0 Å². The fraction of sp³-hybridized carbons (Fsp3) is 0.0769. The van der Waals surface area contributed by atoms with Crippen LogP contribution in [0.25, 0.3) is 11.1 Å². The van der Waals surface area contributed by atoms with E-state index in [4.69, 9.17) is 19.5 Å². The van der Waals surface area contributed by atoms with E-state index in [1.807, 2.05) is 22.6 Å². The van der Waals surface area contributed by atoms with Gasteiger partial charge in [0.05, 0.1) is 23.2 Å². The van der Waals surface area contributed by atoms with Crippen molar-refractivity contribution in [3.05, 3.63) is 109 Å². The van der Waals surface area contributed by atoms with Crippen LogP contribution in [0.15, 0.2) is 81.7 Å². The summed E-state index contributed by atoms with van der Waals surface area (Å²) < 4.78 is 62.0. The average Bonchev–Trinajstić information content (AvgIpc) is 2.90. The van der Waals surface area contributed by atoms with Crippen molar-refractivity contribution in [1.29, 1.82) is 0 Å². The zero-order chi connectivity index (χ0) is 28.4. The maximum atomic E-state index is 13.4. The second kappa shape index (κ2) is 15.5. The summed E-state index contributed by atoms with van der Waals surface area (Å²) in [5.74, 6) is -0.957. The molecule has 0 amide bonds. The van der Waals surface area contributed by atoms with E-state index in [9.17, 15) is 17.6 Å². The monoisotopic (exact) mass is 768 g/mol. The van der Waals surface area contributed by atoms with Crippen molar-refractivity contribution < 1.29 is 37.1 Å². The Morgan fingerprint density at radius 2 is 1.00 bits per heavy atom. The van der Waals surface area contributed by atoms with Crippen LogP contribution >= 0.6 is 54.5 Å². The zero-order valence-electron chi connectivity index (χ0n) is 19.9. The van der Waals surface area contributed by atoms with Crippen molar-refractivity contribution in [1.82, 2.24) is 0 Å². The fourth-order valence-corrected chi connectivity index (χ4v) is 3.81. The molecule has 0 aliphatic rings. The minimum Gasteiger partial charge on any atom is -0.497 e. The van der Waals surface area contributed by atoms with Crippen LogP contribution in [0.4, 0.5) is 17.6 Å². The smallest absolute Gasteiger partial charge is 0.488 e. The molecule has 0 saturated heterocycles. The molecular formula is C26H20BBr2F4IO4. The van der Waals surface area contributed by atoms with Gasteiger partial charge >= 0.3 is 7.12 Å². The highest BCUT2D eigenvalue weighted by Crippen LogP contribution is 2.28. The van der Waals surface area contributed by atoms with E-state index in [1.54, 1.807) is 62.8 Å². The number of methoxy groups -OCH3 is 2. The first-order valence-electron chi connectivity index (χ1n) is 10.6. The Hall–Kier alpha value is -2.13. The van der Waals surface area contributed by atoms with Crippen molar-refractivity contribution >= 4 is 67.0 Å². The average molecular weight is 770 g/mol. The van der Waals surface area contributed by atoms with E-state index in [-0.39, 0.29) is 8.95 Å². The molecule has 0 fully saturated rings. The van der Waals surface area contributed by atoms with Gasteiger partial charge in [-0.25, -0.2) is 17.6 Å². The molecule has 0 aromatic heterocycles. The predicted molar refractivity (Wildman–Crippen MR) is 156 cm³/mol. The molecule has 12 heteroatoms. The Kier molecular flexibility index (Phi) is 13.1. The number of hydrogen-bond acceptors (Lipinski definition) is 4. The molecule has 0 saturated carbocycles. The number of hydrogen-bond donors (Lipinski definition) is 2.